The Morgan fingerprint density at radius 2 is 1.78 bits per heavy atom. The molecule has 0 bridgehead atoms. The zero-order valence-corrected chi connectivity index (χ0v) is 6.33. The highest BCUT2D eigenvalue weighted by molar-refractivity contribution is 4.39. The first kappa shape index (κ1) is 8.88. The minimum absolute atomic E-state index is 0.0880. The molecule has 1 unspecified atom stereocenters. The number of hydrogen-bond donors (Lipinski definition) is 2. The van der Waals surface area contributed by atoms with E-state index in [1.54, 1.807) is 6.92 Å². The Balaban J connectivity index is 3.80. The topological polar surface area (TPSA) is 40.5 Å². The predicted molar refractivity (Wildman–Crippen MR) is 34.1 cm³/mol. The predicted octanol–water partition coefficient (Wildman–Crippen LogP) is 1.40. The molecule has 0 heterocycles. The van der Waals surface area contributed by atoms with Gasteiger partial charge in [0, 0.05) is 6.42 Å². The maximum atomic E-state index is 9.08. The number of nitrogens with zero attached hydrogens (tertiary/aromatic N) is 1. The van der Waals surface area contributed by atoms with Crippen LogP contribution >= 0.6 is 0 Å². The fourth-order valence-corrected chi connectivity index (χ4v) is 0.604. The molecule has 0 saturated carbocycles. The second-order valence-electron chi connectivity index (χ2n) is 2.36. The van der Waals surface area contributed by atoms with Crippen LogP contribution in [0.1, 0.15) is 27.2 Å². The van der Waals surface area contributed by atoms with Gasteiger partial charge >= 0.3 is 0 Å². The van der Waals surface area contributed by atoms with Crippen LogP contribution in [-0.2, 0) is 0 Å². The van der Waals surface area contributed by atoms with Crippen molar-refractivity contribution in [3.8, 4) is 0 Å². The summed E-state index contributed by atoms with van der Waals surface area (Å²) in [6.07, 6.45) is 0.779. The molecule has 0 aromatic carbocycles. The highest BCUT2D eigenvalue weighted by Crippen LogP contribution is 2.06. The molecule has 0 amide bonds. The van der Waals surface area contributed by atoms with E-state index in [-0.39, 0.29) is 6.04 Å². The van der Waals surface area contributed by atoms with Crippen LogP contribution < -0.4 is 0 Å². The third-order valence-electron chi connectivity index (χ3n) is 1.76. The van der Waals surface area contributed by atoms with E-state index in [0.717, 1.165) is 6.42 Å². The van der Waals surface area contributed by atoms with E-state index in [4.69, 9.17) is 10.4 Å². The van der Waals surface area contributed by atoms with Crippen molar-refractivity contribution >= 4 is 0 Å². The van der Waals surface area contributed by atoms with Gasteiger partial charge in [-0.25, -0.2) is 0 Å². The molecule has 2 N–H and O–H groups in total. The van der Waals surface area contributed by atoms with Gasteiger partial charge in [-0.3, -0.25) is 0 Å². The molecule has 0 aliphatic carbocycles. The molecule has 56 valence electrons. The van der Waals surface area contributed by atoms with Crippen LogP contribution in [0.5, 0.6) is 0 Å². The Hall–Kier alpha value is -0.120. The van der Waals surface area contributed by atoms with Gasteiger partial charge in [0.1, 0.15) is 12.6 Å². The summed E-state index contributed by atoms with van der Waals surface area (Å²) < 4.78 is 0. The Labute approximate surface area is 56.0 Å². The largest absolute Gasteiger partial charge is 0.182 e. The molecule has 0 fully saturated rings. The smallest absolute Gasteiger partial charge is 0.149 e. The highest BCUT2D eigenvalue weighted by Gasteiger charge is 2.26. The average molecular weight is 134 g/mol. The molecule has 3 heteroatoms. The Kier molecular flexibility index (Phi) is 3.11. The molecule has 3 nitrogen and oxygen atoms in total. The second kappa shape index (κ2) is 3.15. The summed E-state index contributed by atoms with van der Waals surface area (Å²) in [4.78, 5) is -0.851. The first-order valence-corrected chi connectivity index (χ1v) is 3.37. The molecule has 9 heavy (non-hydrogen) atoms. The summed E-state index contributed by atoms with van der Waals surface area (Å²) in [7, 11) is 0. The lowest BCUT2D eigenvalue weighted by molar-refractivity contribution is -1.26. The van der Waals surface area contributed by atoms with E-state index in [1.165, 1.54) is 0 Å². The van der Waals surface area contributed by atoms with E-state index in [0.29, 0.717) is 6.54 Å². The van der Waals surface area contributed by atoms with Crippen molar-refractivity contribution in [1.82, 2.24) is 0 Å². The molecule has 0 spiro atoms. The molecule has 0 aliphatic heterocycles. The lowest BCUT2D eigenvalue weighted by atomic mass is 10.2. The van der Waals surface area contributed by atoms with Gasteiger partial charge in [0.2, 0.25) is 0 Å². The molecule has 0 rings (SSSR count). The van der Waals surface area contributed by atoms with E-state index in [9.17, 15) is 0 Å². The lowest BCUT2D eigenvalue weighted by Gasteiger charge is -2.25. The fraction of sp³-hybridized carbons (Fsp3) is 1.00. The first-order valence-electron chi connectivity index (χ1n) is 3.37. The molecule has 0 aromatic heterocycles. The van der Waals surface area contributed by atoms with Crippen LogP contribution in [0.25, 0.3) is 0 Å². The summed E-state index contributed by atoms with van der Waals surface area (Å²) >= 11 is 0. The maximum Gasteiger partial charge on any atom is 0.149 e. The summed E-state index contributed by atoms with van der Waals surface area (Å²) in [6.45, 7) is 5.82. The SMILES string of the molecule is CCC(C)[N+](O)(O)CC. The van der Waals surface area contributed by atoms with Crippen LogP contribution in [0.4, 0.5) is 0 Å². The minimum Gasteiger partial charge on any atom is -0.182 e. The minimum atomic E-state index is -0.851. The summed E-state index contributed by atoms with van der Waals surface area (Å²) in [6, 6.07) is -0.0880. The van der Waals surface area contributed by atoms with Crippen molar-refractivity contribution in [1.29, 1.82) is 0 Å². The van der Waals surface area contributed by atoms with Gasteiger partial charge in [-0.1, -0.05) is 6.92 Å². The zero-order chi connectivity index (χ0) is 7.49. The van der Waals surface area contributed by atoms with Crippen LogP contribution in [-0.4, -0.2) is 27.8 Å². The van der Waals surface area contributed by atoms with E-state index < -0.39 is 4.81 Å². The van der Waals surface area contributed by atoms with Gasteiger partial charge in [0.15, 0.2) is 0 Å². The molecular formula is C6H16NO2+. The van der Waals surface area contributed by atoms with Crippen LogP contribution in [0.2, 0.25) is 0 Å². The van der Waals surface area contributed by atoms with Crippen LogP contribution in [0.3, 0.4) is 0 Å². The van der Waals surface area contributed by atoms with E-state index >= 15 is 0 Å². The van der Waals surface area contributed by atoms with Gasteiger partial charge in [-0.15, -0.1) is 0 Å². The van der Waals surface area contributed by atoms with Gasteiger partial charge in [0.05, 0.1) is 0 Å². The van der Waals surface area contributed by atoms with Crippen LogP contribution in [0.15, 0.2) is 0 Å². The van der Waals surface area contributed by atoms with E-state index in [2.05, 4.69) is 0 Å². The Bertz CT molecular complexity index is 83.1. The van der Waals surface area contributed by atoms with Gasteiger partial charge in [-0.05, 0) is 18.7 Å². The number of hydroxylamine groups is 4. The maximum absolute atomic E-state index is 9.08. The van der Waals surface area contributed by atoms with Crippen molar-refractivity contribution in [2.75, 3.05) is 6.54 Å². The molecule has 0 aliphatic rings. The molecule has 0 aromatic rings. The van der Waals surface area contributed by atoms with Gasteiger partial charge < -0.3 is 0 Å². The second-order valence-corrected chi connectivity index (χ2v) is 2.36. The fourth-order valence-electron chi connectivity index (χ4n) is 0.604. The zero-order valence-electron chi connectivity index (χ0n) is 6.33. The van der Waals surface area contributed by atoms with Gasteiger partial charge in [-0.2, -0.15) is 10.4 Å². The lowest BCUT2D eigenvalue weighted by Crippen LogP contribution is -2.47. The Morgan fingerprint density at radius 3 is 1.89 bits per heavy atom. The first-order chi connectivity index (χ1) is 4.04. The Morgan fingerprint density at radius 1 is 1.33 bits per heavy atom. The number of quaternary nitrogens is 1. The molecule has 0 radical (unpaired) electrons. The summed E-state index contributed by atoms with van der Waals surface area (Å²) in [5.41, 5.74) is 0. The van der Waals surface area contributed by atoms with Crippen molar-refractivity contribution in [3.63, 3.8) is 0 Å². The normalized spacial score (nSPS) is 15.7. The third-order valence-corrected chi connectivity index (χ3v) is 1.76. The molecule has 0 saturated heterocycles. The number of rotatable bonds is 3. The van der Waals surface area contributed by atoms with Crippen molar-refractivity contribution in [3.05, 3.63) is 0 Å². The summed E-state index contributed by atoms with van der Waals surface area (Å²) in [5.74, 6) is 0. The third kappa shape index (κ3) is 2.30. The number of hydrogen-bond acceptors (Lipinski definition) is 2. The summed E-state index contributed by atoms with van der Waals surface area (Å²) in [5, 5.41) is 18.2. The highest BCUT2D eigenvalue weighted by atomic mass is 16.8. The molecular weight excluding hydrogens is 118 g/mol. The quantitative estimate of drug-likeness (QED) is 0.452. The van der Waals surface area contributed by atoms with Crippen molar-refractivity contribution in [2.24, 2.45) is 0 Å². The molecule has 1 atom stereocenters. The van der Waals surface area contributed by atoms with E-state index in [1.807, 2.05) is 13.8 Å². The van der Waals surface area contributed by atoms with Crippen LogP contribution in [0, 0.1) is 0 Å². The average Bonchev–Trinajstić information content (AvgIpc) is 1.86. The monoisotopic (exact) mass is 134 g/mol. The van der Waals surface area contributed by atoms with Crippen molar-refractivity contribution in [2.45, 2.75) is 33.2 Å². The van der Waals surface area contributed by atoms with Gasteiger partial charge in [0.25, 0.3) is 0 Å². The standard InChI is InChI=1S/C6H16NO2/c1-4-6(3)7(8,9)5-2/h6,8-9H,4-5H2,1-3H3/q+1. The van der Waals surface area contributed by atoms with Crippen molar-refractivity contribution < 1.29 is 15.2 Å².